The third-order valence-corrected chi connectivity index (χ3v) is 5.90. The van der Waals surface area contributed by atoms with E-state index in [2.05, 4.69) is 25.1 Å². The van der Waals surface area contributed by atoms with Crippen molar-refractivity contribution >= 4 is 16.9 Å². The molecule has 11 heteroatoms. The molecule has 172 valence electrons. The standard InChI is InChI=1S/C22H21F3N6O2/c1-13-11-30(6-7-31(13)19-5-3-16(10-26-19)22(23,24)25)12-15-9-27-29-20(15)14-2-4-18-17(8-14)28-21(32)33-18/h2-5,8-10,13H,6-7,11-12H2,1H3,(H,27,29)(H,28,32). The highest BCUT2D eigenvalue weighted by Crippen LogP contribution is 2.30. The third-order valence-electron chi connectivity index (χ3n) is 5.90. The first-order chi connectivity index (χ1) is 15.8. The van der Waals surface area contributed by atoms with Crippen LogP contribution in [0.15, 0.2) is 51.9 Å². The van der Waals surface area contributed by atoms with Crippen LogP contribution in [0.2, 0.25) is 0 Å². The van der Waals surface area contributed by atoms with E-state index in [1.165, 1.54) is 6.07 Å². The second-order valence-electron chi connectivity index (χ2n) is 8.18. The molecule has 8 nitrogen and oxygen atoms in total. The zero-order valence-electron chi connectivity index (χ0n) is 17.7. The van der Waals surface area contributed by atoms with Gasteiger partial charge < -0.3 is 9.32 Å². The largest absolute Gasteiger partial charge is 0.417 e. The number of H-pyrrole nitrogens is 2. The Kier molecular flexibility index (Phi) is 5.20. The number of benzene rings is 1. The molecule has 1 aliphatic heterocycles. The van der Waals surface area contributed by atoms with Gasteiger partial charge in [-0.1, -0.05) is 0 Å². The van der Waals surface area contributed by atoms with Crippen LogP contribution < -0.4 is 10.7 Å². The molecule has 1 saturated heterocycles. The smallest absolute Gasteiger partial charge is 0.408 e. The Hall–Kier alpha value is -3.60. The van der Waals surface area contributed by atoms with E-state index in [1.807, 2.05) is 24.0 Å². The Morgan fingerprint density at radius 2 is 2.03 bits per heavy atom. The van der Waals surface area contributed by atoms with Crippen molar-refractivity contribution in [1.82, 2.24) is 25.1 Å². The van der Waals surface area contributed by atoms with Crippen molar-refractivity contribution in [2.24, 2.45) is 0 Å². The van der Waals surface area contributed by atoms with E-state index in [-0.39, 0.29) is 6.04 Å². The Bertz CT molecular complexity index is 1320. The molecule has 1 fully saturated rings. The molecule has 1 atom stereocenters. The van der Waals surface area contributed by atoms with Crippen molar-refractivity contribution in [3.8, 4) is 11.3 Å². The van der Waals surface area contributed by atoms with Gasteiger partial charge in [0.05, 0.1) is 23.0 Å². The number of pyridine rings is 1. The predicted molar refractivity (Wildman–Crippen MR) is 116 cm³/mol. The van der Waals surface area contributed by atoms with Crippen LogP contribution in [-0.4, -0.2) is 50.7 Å². The van der Waals surface area contributed by atoms with Gasteiger partial charge in [0.25, 0.3) is 0 Å². The zero-order valence-corrected chi connectivity index (χ0v) is 17.7. The van der Waals surface area contributed by atoms with E-state index < -0.39 is 17.5 Å². The maximum absolute atomic E-state index is 12.8. The molecule has 0 bridgehead atoms. The van der Waals surface area contributed by atoms with Gasteiger partial charge in [0.2, 0.25) is 0 Å². The number of aromatic amines is 2. The van der Waals surface area contributed by atoms with Crippen molar-refractivity contribution in [1.29, 1.82) is 0 Å². The molecule has 0 aliphatic carbocycles. The first-order valence-electron chi connectivity index (χ1n) is 10.5. The summed E-state index contributed by atoms with van der Waals surface area (Å²) in [6.45, 7) is 4.79. The lowest BCUT2D eigenvalue weighted by molar-refractivity contribution is -0.137. The number of hydrogen-bond donors (Lipinski definition) is 2. The topological polar surface area (TPSA) is 94.0 Å². The number of nitrogens with one attached hydrogen (secondary N) is 2. The Balaban J connectivity index is 1.28. The summed E-state index contributed by atoms with van der Waals surface area (Å²) >= 11 is 0. The molecule has 2 N–H and O–H groups in total. The van der Waals surface area contributed by atoms with Crippen LogP contribution in [0.1, 0.15) is 18.1 Å². The predicted octanol–water partition coefficient (Wildman–Crippen LogP) is 3.64. The monoisotopic (exact) mass is 458 g/mol. The van der Waals surface area contributed by atoms with Gasteiger partial charge in [0.15, 0.2) is 5.58 Å². The minimum atomic E-state index is -4.39. The number of aromatic nitrogens is 4. The maximum atomic E-state index is 12.8. The normalized spacial score (nSPS) is 17.7. The molecule has 33 heavy (non-hydrogen) atoms. The summed E-state index contributed by atoms with van der Waals surface area (Å²) in [7, 11) is 0. The highest BCUT2D eigenvalue weighted by Gasteiger charge is 2.32. The van der Waals surface area contributed by atoms with Gasteiger partial charge in [-0.2, -0.15) is 18.3 Å². The summed E-state index contributed by atoms with van der Waals surface area (Å²) < 4.78 is 43.5. The number of alkyl halides is 3. The van der Waals surface area contributed by atoms with Gasteiger partial charge in [-0.05, 0) is 37.3 Å². The lowest BCUT2D eigenvalue weighted by atomic mass is 10.1. The number of piperazine rings is 1. The quantitative estimate of drug-likeness (QED) is 0.485. The first kappa shape index (κ1) is 21.3. The first-order valence-corrected chi connectivity index (χ1v) is 10.5. The Morgan fingerprint density at radius 1 is 1.18 bits per heavy atom. The fourth-order valence-electron chi connectivity index (χ4n) is 4.27. The van der Waals surface area contributed by atoms with Gasteiger partial charge in [0, 0.05) is 49.5 Å². The van der Waals surface area contributed by atoms with Crippen LogP contribution in [0.25, 0.3) is 22.4 Å². The van der Waals surface area contributed by atoms with Crippen molar-refractivity contribution < 1.29 is 17.6 Å². The molecular formula is C22H21F3N6O2. The number of halogens is 3. The summed E-state index contributed by atoms with van der Waals surface area (Å²) in [5, 5.41) is 7.23. The van der Waals surface area contributed by atoms with Crippen molar-refractivity contribution in [2.45, 2.75) is 25.7 Å². The van der Waals surface area contributed by atoms with Crippen molar-refractivity contribution in [3.05, 3.63) is 64.4 Å². The zero-order chi connectivity index (χ0) is 23.2. The molecule has 3 aromatic heterocycles. The Labute approximate surface area is 186 Å². The number of oxazole rings is 1. The summed E-state index contributed by atoms with van der Waals surface area (Å²) in [4.78, 5) is 22.4. The third kappa shape index (κ3) is 4.23. The van der Waals surface area contributed by atoms with Crippen molar-refractivity contribution in [2.75, 3.05) is 24.5 Å². The number of anilines is 1. The van der Waals surface area contributed by atoms with E-state index in [9.17, 15) is 18.0 Å². The fourth-order valence-corrected chi connectivity index (χ4v) is 4.27. The highest BCUT2D eigenvalue weighted by atomic mass is 19.4. The molecule has 0 spiro atoms. The summed E-state index contributed by atoms with van der Waals surface area (Å²) in [5.41, 5.74) is 3.11. The van der Waals surface area contributed by atoms with Gasteiger partial charge >= 0.3 is 11.9 Å². The van der Waals surface area contributed by atoms with Gasteiger partial charge in [-0.3, -0.25) is 15.0 Å². The summed E-state index contributed by atoms with van der Waals surface area (Å²) in [5.74, 6) is 0.0444. The van der Waals surface area contributed by atoms with E-state index in [0.29, 0.717) is 30.0 Å². The van der Waals surface area contributed by atoms with Crippen LogP contribution in [0.4, 0.5) is 19.0 Å². The molecule has 5 rings (SSSR count). The lowest BCUT2D eigenvalue weighted by Crippen LogP contribution is -2.51. The SMILES string of the molecule is CC1CN(Cc2cn[nH]c2-c2ccc3oc(=O)[nH]c3c2)CCN1c1ccc(C(F)(F)F)cn1. The molecule has 0 amide bonds. The highest BCUT2D eigenvalue weighted by molar-refractivity contribution is 5.79. The van der Waals surface area contributed by atoms with Gasteiger partial charge in [0.1, 0.15) is 5.82 Å². The van der Waals surface area contributed by atoms with Gasteiger partial charge in [-0.25, -0.2) is 9.78 Å². The fraction of sp³-hybridized carbons (Fsp3) is 0.318. The number of rotatable bonds is 4. The van der Waals surface area contributed by atoms with E-state index in [1.54, 1.807) is 12.3 Å². The van der Waals surface area contributed by atoms with Crippen LogP contribution in [0.3, 0.4) is 0 Å². The molecular weight excluding hydrogens is 437 g/mol. The number of nitrogens with zero attached hydrogens (tertiary/aromatic N) is 4. The summed E-state index contributed by atoms with van der Waals surface area (Å²) in [6.07, 6.45) is -1.72. The molecule has 1 unspecified atom stereocenters. The van der Waals surface area contributed by atoms with Crippen LogP contribution in [-0.2, 0) is 12.7 Å². The van der Waals surface area contributed by atoms with Crippen LogP contribution in [0.5, 0.6) is 0 Å². The number of hydrogen-bond acceptors (Lipinski definition) is 6. The molecule has 0 saturated carbocycles. The van der Waals surface area contributed by atoms with E-state index >= 15 is 0 Å². The molecule has 4 aromatic rings. The van der Waals surface area contributed by atoms with Crippen molar-refractivity contribution in [3.63, 3.8) is 0 Å². The van der Waals surface area contributed by atoms with Crippen LogP contribution in [0, 0.1) is 0 Å². The molecule has 0 radical (unpaired) electrons. The average molecular weight is 458 g/mol. The Morgan fingerprint density at radius 3 is 2.76 bits per heavy atom. The average Bonchev–Trinajstić information content (AvgIpc) is 3.38. The van der Waals surface area contributed by atoms with E-state index in [4.69, 9.17) is 4.42 Å². The number of fused-ring (bicyclic) bond motifs is 1. The second kappa shape index (κ2) is 8.07. The molecule has 4 heterocycles. The minimum absolute atomic E-state index is 0.0747. The second-order valence-corrected chi connectivity index (χ2v) is 8.18. The molecule has 1 aromatic carbocycles. The maximum Gasteiger partial charge on any atom is 0.417 e. The van der Waals surface area contributed by atoms with Crippen LogP contribution >= 0.6 is 0 Å². The summed E-state index contributed by atoms with van der Waals surface area (Å²) in [6, 6.07) is 8.03. The van der Waals surface area contributed by atoms with E-state index in [0.717, 1.165) is 42.2 Å². The van der Waals surface area contributed by atoms with Gasteiger partial charge in [-0.15, -0.1) is 0 Å². The lowest BCUT2D eigenvalue weighted by Gasteiger charge is -2.40. The minimum Gasteiger partial charge on any atom is -0.408 e. The molecule has 1 aliphatic rings.